The predicted octanol–water partition coefficient (Wildman–Crippen LogP) is 2.14. The quantitative estimate of drug-likeness (QED) is 0.761. The molecule has 0 aliphatic rings. The highest BCUT2D eigenvalue weighted by atomic mass is 16.5. The van der Waals surface area contributed by atoms with Crippen molar-refractivity contribution >= 4 is 0 Å². The van der Waals surface area contributed by atoms with E-state index in [0.29, 0.717) is 11.6 Å². The molecule has 0 radical (unpaired) electrons. The zero-order valence-corrected chi connectivity index (χ0v) is 9.62. The van der Waals surface area contributed by atoms with E-state index in [1.807, 2.05) is 36.4 Å². The lowest BCUT2D eigenvalue weighted by atomic mass is 10.2. The number of tetrazole rings is 1. The third-order valence-electron chi connectivity index (χ3n) is 2.55. The van der Waals surface area contributed by atoms with Crippen LogP contribution < -0.4 is 4.74 Å². The SMILES string of the molecule is COc1ccc(-c2ccc(-c3nn[nH]n3)o2)cc1. The van der Waals surface area contributed by atoms with Gasteiger partial charge in [0.25, 0.3) is 0 Å². The van der Waals surface area contributed by atoms with Gasteiger partial charge in [-0.3, -0.25) is 0 Å². The Labute approximate surface area is 103 Å². The van der Waals surface area contributed by atoms with Crippen molar-refractivity contribution < 1.29 is 9.15 Å². The first kappa shape index (κ1) is 10.5. The molecule has 6 nitrogen and oxygen atoms in total. The van der Waals surface area contributed by atoms with Gasteiger partial charge in [-0.1, -0.05) is 0 Å². The molecule has 0 saturated heterocycles. The van der Waals surface area contributed by atoms with Crippen molar-refractivity contribution in [2.75, 3.05) is 7.11 Å². The molecule has 18 heavy (non-hydrogen) atoms. The van der Waals surface area contributed by atoms with E-state index in [4.69, 9.17) is 9.15 Å². The van der Waals surface area contributed by atoms with Crippen LogP contribution in [0.25, 0.3) is 22.9 Å². The Balaban J connectivity index is 1.92. The first-order valence-electron chi connectivity index (χ1n) is 5.35. The minimum atomic E-state index is 0.440. The molecule has 0 saturated carbocycles. The van der Waals surface area contributed by atoms with Crippen molar-refractivity contribution in [3.8, 4) is 28.7 Å². The van der Waals surface area contributed by atoms with Crippen LogP contribution >= 0.6 is 0 Å². The van der Waals surface area contributed by atoms with Crippen LogP contribution in [-0.4, -0.2) is 27.7 Å². The summed E-state index contributed by atoms with van der Waals surface area (Å²) in [4.78, 5) is 0. The van der Waals surface area contributed by atoms with Gasteiger partial charge in [-0.05, 0) is 41.6 Å². The third-order valence-corrected chi connectivity index (χ3v) is 2.55. The first-order chi connectivity index (χ1) is 8.86. The lowest BCUT2D eigenvalue weighted by molar-refractivity contribution is 0.415. The van der Waals surface area contributed by atoms with E-state index in [-0.39, 0.29) is 0 Å². The van der Waals surface area contributed by atoms with Crippen molar-refractivity contribution in [3.05, 3.63) is 36.4 Å². The van der Waals surface area contributed by atoms with Gasteiger partial charge in [0.15, 0.2) is 5.76 Å². The molecule has 0 unspecified atom stereocenters. The van der Waals surface area contributed by atoms with E-state index in [1.165, 1.54) is 0 Å². The largest absolute Gasteiger partial charge is 0.497 e. The number of nitrogens with one attached hydrogen (secondary N) is 1. The van der Waals surface area contributed by atoms with Crippen molar-refractivity contribution in [1.82, 2.24) is 20.6 Å². The number of furan rings is 1. The summed E-state index contributed by atoms with van der Waals surface area (Å²) in [6, 6.07) is 11.3. The minimum absolute atomic E-state index is 0.440. The van der Waals surface area contributed by atoms with Crippen molar-refractivity contribution in [1.29, 1.82) is 0 Å². The third kappa shape index (κ3) is 1.84. The molecule has 0 atom stereocenters. The van der Waals surface area contributed by atoms with E-state index in [9.17, 15) is 0 Å². The average Bonchev–Trinajstić information content (AvgIpc) is 3.09. The van der Waals surface area contributed by atoms with Crippen LogP contribution in [-0.2, 0) is 0 Å². The molecule has 1 aromatic carbocycles. The van der Waals surface area contributed by atoms with Gasteiger partial charge < -0.3 is 9.15 Å². The maximum absolute atomic E-state index is 5.66. The fourth-order valence-corrected chi connectivity index (χ4v) is 1.63. The molecule has 0 aliphatic carbocycles. The first-order valence-corrected chi connectivity index (χ1v) is 5.35. The van der Waals surface area contributed by atoms with Gasteiger partial charge in [0, 0.05) is 5.56 Å². The summed E-state index contributed by atoms with van der Waals surface area (Å²) in [5, 5.41) is 13.6. The van der Waals surface area contributed by atoms with Crippen molar-refractivity contribution in [2.45, 2.75) is 0 Å². The molecule has 2 aromatic heterocycles. The lowest BCUT2D eigenvalue weighted by Crippen LogP contribution is -1.81. The number of aromatic amines is 1. The highest BCUT2D eigenvalue weighted by Crippen LogP contribution is 2.27. The molecule has 0 aliphatic heterocycles. The number of methoxy groups -OCH3 is 1. The normalized spacial score (nSPS) is 10.5. The van der Waals surface area contributed by atoms with Crippen LogP contribution in [0.4, 0.5) is 0 Å². The molecule has 3 rings (SSSR count). The summed E-state index contributed by atoms with van der Waals surface area (Å²) in [7, 11) is 1.64. The average molecular weight is 242 g/mol. The van der Waals surface area contributed by atoms with Crippen LogP contribution in [0.2, 0.25) is 0 Å². The summed E-state index contributed by atoms with van der Waals surface area (Å²) in [6.45, 7) is 0. The lowest BCUT2D eigenvalue weighted by Gasteiger charge is -2.00. The van der Waals surface area contributed by atoms with E-state index < -0.39 is 0 Å². The predicted molar refractivity (Wildman–Crippen MR) is 63.9 cm³/mol. The van der Waals surface area contributed by atoms with Gasteiger partial charge >= 0.3 is 0 Å². The number of hydrogen-bond acceptors (Lipinski definition) is 5. The van der Waals surface area contributed by atoms with Gasteiger partial charge in [0.05, 0.1) is 7.11 Å². The van der Waals surface area contributed by atoms with E-state index >= 15 is 0 Å². The zero-order valence-electron chi connectivity index (χ0n) is 9.62. The Morgan fingerprint density at radius 2 is 1.83 bits per heavy atom. The summed E-state index contributed by atoms with van der Waals surface area (Å²) < 4.78 is 10.8. The van der Waals surface area contributed by atoms with Crippen molar-refractivity contribution in [3.63, 3.8) is 0 Å². The van der Waals surface area contributed by atoms with Gasteiger partial charge in [-0.2, -0.15) is 5.21 Å². The molecule has 1 N–H and O–H groups in total. The Kier molecular flexibility index (Phi) is 2.53. The van der Waals surface area contributed by atoms with Gasteiger partial charge in [0.1, 0.15) is 11.5 Å². The van der Waals surface area contributed by atoms with Crippen LogP contribution in [0, 0.1) is 0 Å². The second-order valence-electron chi connectivity index (χ2n) is 3.63. The van der Waals surface area contributed by atoms with Crippen LogP contribution in [0.5, 0.6) is 5.75 Å². The minimum Gasteiger partial charge on any atom is -0.497 e. The van der Waals surface area contributed by atoms with E-state index in [2.05, 4.69) is 20.6 Å². The summed E-state index contributed by atoms with van der Waals surface area (Å²) >= 11 is 0. The second-order valence-corrected chi connectivity index (χ2v) is 3.63. The van der Waals surface area contributed by atoms with Gasteiger partial charge in [0.2, 0.25) is 5.82 Å². The Bertz CT molecular complexity index is 628. The van der Waals surface area contributed by atoms with Crippen LogP contribution in [0.15, 0.2) is 40.8 Å². The molecule has 0 bridgehead atoms. The molecule has 0 spiro atoms. The highest BCUT2D eigenvalue weighted by Gasteiger charge is 2.09. The fourth-order valence-electron chi connectivity index (χ4n) is 1.63. The van der Waals surface area contributed by atoms with Crippen molar-refractivity contribution in [2.24, 2.45) is 0 Å². The van der Waals surface area contributed by atoms with Crippen LogP contribution in [0.1, 0.15) is 0 Å². The fraction of sp³-hybridized carbons (Fsp3) is 0.0833. The maximum Gasteiger partial charge on any atom is 0.239 e. The van der Waals surface area contributed by atoms with E-state index in [0.717, 1.165) is 17.1 Å². The molecule has 90 valence electrons. The zero-order chi connectivity index (χ0) is 12.4. The molecule has 2 heterocycles. The molecular formula is C12H10N4O2. The number of nitrogens with zero attached hydrogens (tertiary/aromatic N) is 3. The number of rotatable bonds is 3. The monoisotopic (exact) mass is 242 g/mol. The summed E-state index contributed by atoms with van der Waals surface area (Å²) in [6.07, 6.45) is 0. The Morgan fingerprint density at radius 1 is 1.06 bits per heavy atom. The molecule has 3 aromatic rings. The highest BCUT2D eigenvalue weighted by molar-refractivity contribution is 5.62. The van der Waals surface area contributed by atoms with E-state index in [1.54, 1.807) is 7.11 Å². The summed E-state index contributed by atoms with van der Waals surface area (Å²) in [5.74, 6) is 2.57. The molecule has 0 amide bonds. The molecular weight excluding hydrogens is 232 g/mol. The van der Waals surface area contributed by atoms with Gasteiger partial charge in [-0.25, -0.2) is 0 Å². The summed E-state index contributed by atoms with van der Waals surface area (Å²) in [5.41, 5.74) is 0.963. The number of benzene rings is 1. The maximum atomic E-state index is 5.66. The molecule has 6 heteroatoms. The Hall–Kier alpha value is -2.63. The number of H-pyrrole nitrogens is 1. The topological polar surface area (TPSA) is 76.8 Å². The van der Waals surface area contributed by atoms with Gasteiger partial charge in [-0.15, -0.1) is 10.2 Å². The van der Waals surface area contributed by atoms with Crippen LogP contribution in [0.3, 0.4) is 0 Å². The number of ether oxygens (including phenoxy) is 1. The second kappa shape index (κ2) is 4.33. The number of hydrogen-bond donors (Lipinski definition) is 1. The Morgan fingerprint density at radius 3 is 2.50 bits per heavy atom. The smallest absolute Gasteiger partial charge is 0.239 e. The number of aromatic nitrogens is 4. The molecule has 0 fully saturated rings. The standard InChI is InChI=1S/C12H10N4O2/c1-17-9-4-2-8(3-5-9)10-6-7-11(18-10)12-13-15-16-14-12/h2-7H,1H3,(H,13,14,15,16).